The van der Waals surface area contributed by atoms with Crippen LogP contribution in [0.15, 0.2) is 36.4 Å². The highest BCUT2D eigenvalue weighted by Gasteiger charge is 2.08. The van der Waals surface area contributed by atoms with Gasteiger partial charge >= 0.3 is 0 Å². The molecule has 3 aromatic carbocycles. The maximum Gasteiger partial charge on any atom is 0.139 e. The molecule has 3 aromatic rings. The number of hydrogen-bond acceptors (Lipinski definition) is 0. The van der Waals surface area contributed by atoms with Crippen LogP contribution in [-0.2, 0) is 0 Å². The third-order valence-electron chi connectivity index (χ3n) is 3.97. The van der Waals surface area contributed by atoms with E-state index in [9.17, 15) is 0 Å². The van der Waals surface area contributed by atoms with Gasteiger partial charge in [-0.15, -0.1) is 0 Å². The molecule has 0 bridgehead atoms. The molecular weight excluding hydrogens is 214 g/mol. The minimum Gasteiger partial charge on any atom is -0.0883 e. The maximum absolute atomic E-state index is 2.30. The monoisotopic (exact) mass is 230 g/mol. The van der Waals surface area contributed by atoms with Gasteiger partial charge in [-0.2, -0.15) is 0 Å². The van der Waals surface area contributed by atoms with E-state index in [4.69, 9.17) is 0 Å². The predicted molar refractivity (Wildman–Crippen MR) is 87.3 cm³/mol. The zero-order valence-electron chi connectivity index (χ0n) is 11.5. The Morgan fingerprint density at radius 2 is 1.00 bits per heavy atom. The second-order valence-corrected chi connectivity index (χ2v) is 5.35. The van der Waals surface area contributed by atoms with Crippen molar-refractivity contribution in [3.8, 4) is 0 Å². The van der Waals surface area contributed by atoms with Gasteiger partial charge in [-0.1, -0.05) is 47.3 Å². The molecule has 0 fully saturated rings. The minimum absolute atomic E-state index is 1.33. The second-order valence-electron chi connectivity index (χ2n) is 5.35. The van der Waals surface area contributed by atoms with Gasteiger partial charge in [-0.25, -0.2) is 0 Å². The van der Waals surface area contributed by atoms with E-state index in [0.29, 0.717) is 0 Å². The van der Waals surface area contributed by atoms with Gasteiger partial charge in [0.25, 0.3) is 0 Å². The lowest BCUT2D eigenvalue weighted by Crippen LogP contribution is -2.04. The van der Waals surface area contributed by atoms with Gasteiger partial charge in [0.1, 0.15) is 15.7 Å². The number of benzene rings is 3. The van der Waals surface area contributed by atoms with Crippen molar-refractivity contribution in [1.82, 2.24) is 0 Å². The topological polar surface area (TPSA) is 0 Å². The molecule has 0 saturated heterocycles. The molecule has 0 N–H and O–H groups in total. The lowest BCUT2D eigenvalue weighted by atomic mass is 9.85. The van der Waals surface area contributed by atoms with Crippen molar-refractivity contribution in [1.29, 1.82) is 0 Å². The molecule has 0 heterocycles. The standard InChI is InChI=1S/C16H16B2/c1-9-13-5-3-12(18)8-16(13)10(2)14-6-4-11(17)7-15(9)14/h3-8H,17-18H2,1-2H3. The molecule has 0 saturated carbocycles. The number of fused-ring (bicyclic) bond motifs is 2. The van der Waals surface area contributed by atoms with Crippen LogP contribution >= 0.6 is 0 Å². The Balaban J connectivity index is 2.60. The smallest absolute Gasteiger partial charge is 0.0883 e. The Morgan fingerprint density at radius 3 is 1.39 bits per heavy atom. The summed E-state index contributed by atoms with van der Waals surface area (Å²) >= 11 is 0. The number of rotatable bonds is 0. The molecule has 0 aliphatic heterocycles. The zero-order chi connectivity index (χ0) is 12.9. The summed E-state index contributed by atoms with van der Waals surface area (Å²) in [4.78, 5) is 0. The van der Waals surface area contributed by atoms with Crippen molar-refractivity contribution in [2.75, 3.05) is 0 Å². The largest absolute Gasteiger partial charge is 0.139 e. The highest BCUT2D eigenvalue weighted by molar-refractivity contribution is 6.34. The van der Waals surface area contributed by atoms with Crippen molar-refractivity contribution in [2.45, 2.75) is 13.8 Å². The molecule has 2 heteroatoms. The van der Waals surface area contributed by atoms with E-state index >= 15 is 0 Å². The molecule has 86 valence electrons. The Kier molecular flexibility index (Phi) is 2.48. The van der Waals surface area contributed by atoms with E-state index in [0.717, 1.165) is 0 Å². The summed E-state index contributed by atoms with van der Waals surface area (Å²) in [6.45, 7) is 4.47. The van der Waals surface area contributed by atoms with E-state index in [-0.39, 0.29) is 0 Å². The molecular formula is C16H16B2. The van der Waals surface area contributed by atoms with Crippen LogP contribution in [0.1, 0.15) is 11.1 Å². The van der Waals surface area contributed by atoms with Gasteiger partial charge in [0.05, 0.1) is 0 Å². The molecule has 0 spiro atoms. The van der Waals surface area contributed by atoms with Gasteiger partial charge in [-0.05, 0) is 46.5 Å². The minimum atomic E-state index is 1.33. The van der Waals surface area contributed by atoms with Gasteiger partial charge in [-0.3, -0.25) is 0 Å². The quantitative estimate of drug-likeness (QED) is 0.401. The lowest BCUT2D eigenvalue weighted by Gasteiger charge is -2.13. The molecule has 0 aromatic heterocycles. The Hall–Kier alpha value is -1.69. The fourth-order valence-electron chi connectivity index (χ4n) is 2.88. The van der Waals surface area contributed by atoms with Crippen molar-refractivity contribution in [3.05, 3.63) is 47.5 Å². The van der Waals surface area contributed by atoms with Gasteiger partial charge in [0.2, 0.25) is 0 Å². The highest BCUT2D eigenvalue weighted by Crippen LogP contribution is 2.30. The predicted octanol–water partition coefficient (Wildman–Crippen LogP) is 1.13. The summed E-state index contributed by atoms with van der Waals surface area (Å²) < 4.78 is 0. The fourth-order valence-corrected chi connectivity index (χ4v) is 2.88. The van der Waals surface area contributed by atoms with Crippen LogP contribution in [0.5, 0.6) is 0 Å². The third-order valence-corrected chi connectivity index (χ3v) is 3.97. The molecule has 0 aliphatic carbocycles. The summed E-state index contributed by atoms with van der Waals surface area (Å²) in [5.41, 5.74) is 5.46. The van der Waals surface area contributed by atoms with Crippen LogP contribution in [0.4, 0.5) is 0 Å². The summed E-state index contributed by atoms with van der Waals surface area (Å²) in [5, 5.41) is 5.56. The molecule has 0 radical (unpaired) electrons. The first-order valence-electron chi connectivity index (χ1n) is 6.48. The normalized spacial score (nSPS) is 11.2. The lowest BCUT2D eigenvalue weighted by molar-refractivity contribution is 1.53. The summed E-state index contributed by atoms with van der Waals surface area (Å²) in [6.07, 6.45) is 0. The van der Waals surface area contributed by atoms with E-state index in [1.807, 2.05) is 0 Å². The SMILES string of the molecule is Bc1ccc2c(C)c3cc(B)ccc3c(C)c2c1. The van der Waals surface area contributed by atoms with Crippen LogP contribution in [0, 0.1) is 13.8 Å². The summed E-state index contributed by atoms with van der Waals surface area (Å²) in [6, 6.07) is 13.5. The van der Waals surface area contributed by atoms with Crippen LogP contribution < -0.4 is 10.9 Å². The molecule has 0 amide bonds. The first-order valence-corrected chi connectivity index (χ1v) is 6.48. The van der Waals surface area contributed by atoms with Crippen LogP contribution in [-0.4, -0.2) is 15.7 Å². The van der Waals surface area contributed by atoms with Gasteiger partial charge < -0.3 is 0 Å². The van der Waals surface area contributed by atoms with Crippen LogP contribution in [0.25, 0.3) is 21.5 Å². The third kappa shape index (κ3) is 1.56. The van der Waals surface area contributed by atoms with E-state index in [2.05, 4.69) is 65.9 Å². The molecule has 0 aliphatic rings. The fraction of sp³-hybridized carbons (Fsp3) is 0.125. The number of hydrogen-bond donors (Lipinski definition) is 0. The van der Waals surface area contributed by atoms with E-state index < -0.39 is 0 Å². The number of aryl methyl sites for hydroxylation is 2. The van der Waals surface area contributed by atoms with Gasteiger partial charge in [0, 0.05) is 0 Å². The molecule has 18 heavy (non-hydrogen) atoms. The maximum atomic E-state index is 2.30. The Bertz CT molecular complexity index is 705. The molecule has 0 unspecified atom stereocenters. The average molecular weight is 230 g/mol. The highest BCUT2D eigenvalue weighted by atomic mass is 14.1. The molecule has 0 atom stereocenters. The molecule has 3 rings (SSSR count). The first-order chi connectivity index (χ1) is 8.58. The Morgan fingerprint density at radius 1 is 0.611 bits per heavy atom. The summed E-state index contributed by atoms with van der Waals surface area (Å²) in [7, 11) is 4.32. The van der Waals surface area contributed by atoms with Crippen LogP contribution in [0.2, 0.25) is 0 Å². The summed E-state index contributed by atoms with van der Waals surface area (Å²) in [5.74, 6) is 0. The van der Waals surface area contributed by atoms with Crippen molar-refractivity contribution in [2.24, 2.45) is 0 Å². The van der Waals surface area contributed by atoms with E-state index in [1.165, 1.54) is 43.6 Å². The van der Waals surface area contributed by atoms with Crippen molar-refractivity contribution < 1.29 is 0 Å². The second kappa shape index (κ2) is 3.91. The van der Waals surface area contributed by atoms with Crippen LogP contribution in [0.3, 0.4) is 0 Å². The van der Waals surface area contributed by atoms with Crippen molar-refractivity contribution in [3.63, 3.8) is 0 Å². The zero-order valence-corrected chi connectivity index (χ0v) is 11.5. The molecule has 0 nitrogen and oxygen atoms in total. The first kappa shape index (κ1) is 11.4. The van der Waals surface area contributed by atoms with E-state index in [1.54, 1.807) is 0 Å². The average Bonchev–Trinajstić information content (AvgIpc) is 2.36. The van der Waals surface area contributed by atoms with Gasteiger partial charge in [0.15, 0.2) is 0 Å². The Labute approximate surface area is 110 Å². The van der Waals surface area contributed by atoms with Crippen molar-refractivity contribution >= 4 is 48.2 Å².